The van der Waals surface area contributed by atoms with Crippen LogP contribution in [0.2, 0.25) is 0 Å². The molecule has 5 aliphatic rings. The van der Waals surface area contributed by atoms with Gasteiger partial charge in [0.2, 0.25) is 0 Å². The first-order chi connectivity index (χ1) is 22.4. The van der Waals surface area contributed by atoms with E-state index in [0.717, 1.165) is 68.7 Å². The third kappa shape index (κ3) is 6.65. The van der Waals surface area contributed by atoms with E-state index in [-0.39, 0.29) is 18.4 Å². The SMILES string of the molecule is CCCCCCCC/C=C/CCCCCCC(COc1ccc2c3c1O[C@H]1C(=O)CC[C@@]4(O)C(C2)N(CC2CC2)CC[C@]314)C(=O)O. The summed E-state index contributed by atoms with van der Waals surface area (Å²) >= 11 is 0. The number of aliphatic carboxylic acids is 1. The Morgan fingerprint density at radius 1 is 1.04 bits per heavy atom. The number of aliphatic hydroxyl groups is 1. The maximum absolute atomic E-state index is 13.3. The Hall–Kier alpha value is -2.38. The molecular weight excluding hydrogens is 578 g/mol. The highest BCUT2D eigenvalue weighted by molar-refractivity contribution is 5.90. The molecule has 2 bridgehead atoms. The molecular formula is C39H57NO6. The van der Waals surface area contributed by atoms with Crippen molar-refractivity contribution in [3.63, 3.8) is 0 Å². The van der Waals surface area contributed by atoms with Gasteiger partial charge in [0.05, 0.1) is 16.9 Å². The van der Waals surface area contributed by atoms with Crippen LogP contribution in [0.25, 0.3) is 0 Å². The number of likely N-dealkylation sites (tertiary alicyclic amines) is 1. The van der Waals surface area contributed by atoms with Crippen molar-refractivity contribution < 1.29 is 29.3 Å². The molecule has 6 rings (SSSR count). The molecule has 1 saturated heterocycles. The van der Waals surface area contributed by atoms with Gasteiger partial charge in [0.1, 0.15) is 6.61 Å². The summed E-state index contributed by atoms with van der Waals surface area (Å²) in [6, 6.07) is 3.96. The van der Waals surface area contributed by atoms with Crippen LogP contribution >= 0.6 is 0 Å². The maximum atomic E-state index is 13.3. The zero-order valence-corrected chi connectivity index (χ0v) is 28.1. The summed E-state index contributed by atoms with van der Waals surface area (Å²) in [5, 5.41) is 22.5. The van der Waals surface area contributed by atoms with Gasteiger partial charge in [-0.15, -0.1) is 0 Å². The molecule has 2 saturated carbocycles. The lowest BCUT2D eigenvalue weighted by atomic mass is 9.49. The number of ketones is 1. The molecule has 2 N–H and O–H groups in total. The standard InChI is InChI=1S/C39H57NO6/c1-2-3-4-5-6-7-8-9-10-11-12-13-14-15-16-30(37(42)43)27-45-32-20-19-29-25-33-39(44)22-21-31(41)36-38(39,34(29)35(32)46-36)23-24-40(33)26-28-17-18-28/h9-10,19-20,28,30,33,36,44H,2-8,11-18,21-27H2,1H3,(H,42,43)/b10-9+/t30?,33?,36-,38-,39+/m0/s1. The van der Waals surface area contributed by atoms with Gasteiger partial charge in [0, 0.05) is 24.6 Å². The first-order valence-corrected chi connectivity index (χ1v) is 18.7. The van der Waals surface area contributed by atoms with Crippen molar-refractivity contribution >= 4 is 11.8 Å². The summed E-state index contributed by atoms with van der Waals surface area (Å²) in [6.45, 7) is 4.21. The summed E-state index contributed by atoms with van der Waals surface area (Å²) in [7, 11) is 0. The quantitative estimate of drug-likeness (QED) is 0.113. The number of allylic oxidation sites excluding steroid dienone is 2. The molecule has 46 heavy (non-hydrogen) atoms. The van der Waals surface area contributed by atoms with Crippen molar-refractivity contribution in [3.8, 4) is 11.5 Å². The number of carbonyl (C=O) groups is 2. The van der Waals surface area contributed by atoms with Gasteiger partial charge in [0.15, 0.2) is 23.4 Å². The lowest BCUT2D eigenvalue weighted by molar-refractivity contribution is -0.188. The molecule has 1 aromatic carbocycles. The number of ether oxygens (including phenoxy) is 2. The van der Waals surface area contributed by atoms with Crippen LogP contribution in [0, 0.1) is 11.8 Å². The number of benzene rings is 1. The van der Waals surface area contributed by atoms with Crippen LogP contribution in [0.5, 0.6) is 11.5 Å². The Bertz CT molecular complexity index is 1260. The highest BCUT2D eigenvalue weighted by Gasteiger charge is 2.73. The van der Waals surface area contributed by atoms with Gasteiger partial charge in [-0.25, -0.2) is 0 Å². The van der Waals surface area contributed by atoms with E-state index in [9.17, 15) is 19.8 Å². The number of Topliss-reactive ketones (excluding diaryl/α,β-unsaturated/α-hetero) is 1. The number of hydrogen-bond donors (Lipinski definition) is 2. The Labute approximate surface area is 276 Å². The topological polar surface area (TPSA) is 96.3 Å². The molecule has 0 amide bonds. The second-order valence-corrected chi connectivity index (χ2v) is 15.1. The van der Waals surface area contributed by atoms with Gasteiger partial charge >= 0.3 is 5.97 Å². The molecule has 7 nitrogen and oxygen atoms in total. The molecule has 2 heterocycles. The van der Waals surface area contributed by atoms with Gasteiger partial charge in [-0.2, -0.15) is 0 Å². The monoisotopic (exact) mass is 635 g/mol. The third-order valence-corrected chi connectivity index (χ3v) is 11.9. The van der Waals surface area contributed by atoms with E-state index >= 15 is 0 Å². The molecule has 5 atom stereocenters. The van der Waals surface area contributed by atoms with E-state index in [4.69, 9.17) is 9.47 Å². The van der Waals surface area contributed by atoms with E-state index in [1.54, 1.807) is 0 Å². The number of unbranched alkanes of at least 4 members (excludes halogenated alkanes) is 10. The van der Waals surface area contributed by atoms with Crippen LogP contribution in [0.3, 0.4) is 0 Å². The number of rotatable bonds is 20. The normalized spacial score (nSPS) is 28.7. The van der Waals surface area contributed by atoms with Gasteiger partial charge < -0.3 is 19.7 Å². The van der Waals surface area contributed by atoms with Crippen LogP contribution in [0.15, 0.2) is 24.3 Å². The summed E-state index contributed by atoms with van der Waals surface area (Å²) in [5.41, 5.74) is 0.343. The van der Waals surface area contributed by atoms with Crippen LogP contribution in [0.4, 0.5) is 0 Å². The number of hydrogen-bond acceptors (Lipinski definition) is 6. The average molecular weight is 636 g/mol. The molecule has 3 fully saturated rings. The first kappa shape index (κ1) is 33.5. The molecule has 2 unspecified atom stereocenters. The minimum absolute atomic E-state index is 0.0104. The van der Waals surface area contributed by atoms with Gasteiger partial charge in [-0.3, -0.25) is 14.5 Å². The fraction of sp³-hybridized carbons (Fsp3) is 0.744. The van der Waals surface area contributed by atoms with Crippen LogP contribution in [0.1, 0.15) is 134 Å². The molecule has 3 aliphatic carbocycles. The highest BCUT2D eigenvalue weighted by Crippen LogP contribution is 2.65. The van der Waals surface area contributed by atoms with Crippen LogP contribution < -0.4 is 9.47 Å². The second kappa shape index (κ2) is 14.8. The molecule has 2 aliphatic heterocycles. The number of piperidine rings is 1. The molecule has 7 heteroatoms. The van der Waals surface area contributed by atoms with Gasteiger partial charge in [-0.05, 0) is 88.3 Å². The van der Waals surface area contributed by atoms with E-state index in [0.29, 0.717) is 37.2 Å². The van der Waals surface area contributed by atoms with E-state index in [2.05, 4.69) is 30.0 Å². The van der Waals surface area contributed by atoms with E-state index < -0.39 is 29.0 Å². The van der Waals surface area contributed by atoms with Gasteiger partial charge in [0.25, 0.3) is 0 Å². The predicted molar refractivity (Wildman–Crippen MR) is 180 cm³/mol. The minimum atomic E-state index is -1.01. The second-order valence-electron chi connectivity index (χ2n) is 15.1. The molecule has 0 aromatic heterocycles. The van der Waals surface area contributed by atoms with Crippen molar-refractivity contribution in [3.05, 3.63) is 35.4 Å². The largest absolute Gasteiger partial charge is 0.489 e. The number of carbonyl (C=O) groups excluding carboxylic acids is 1. The summed E-state index contributed by atoms with van der Waals surface area (Å²) in [4.78, 5) is 28.0. The van der Waals surface area contributed by atoms with Crippen LogP contribution in [-0.4, -0.2) is 64.3 Å². The third-order valence-electron chi connectivity index (χ3n) is 11.9. The summed E-state index contributed by atoms with van der Waals surface area (Å²) in [5.74, 6) is 0.432. The highest BCUT2D eigenvalue weighted by atomic mass is 16.5. The van der Waals surface area contributed by atoms with Crippen molar-refractivity contribution in [2.75, 3.05) is 19.7 Å². The van der Waals surface area contributed by atoms with Gasteiger partial charge in [-0.1, -0.05) is 76.5 Å². The predicted octanol–water partition coefficient (Wildman–Crippen LogP) is 7.55. The fourth-order valence-electron chi connectivity index (χ4n) is 9.12. The van der Waals surface area contributed by atoms with Crippen molar-refractivity contribution in [2.24, 2.45) is 11.8 Å². The summed E-state index contributed by atoms with van der Waals surface area (Å²) < 4.78 is 12.7. The Morgan fingerprint density at radius 3 is 2.48 bits per heavy atom. The smallest absolute Gasteiger partial charge is 0.309 e. The average Bonchev–Trinajstić information content (AvgIpc) is 3.79. The van der Waals surface area contributed by atoms with Crippen LogP contribution in [-0.2, 0) is 21.4 Å². The lowest BCUT2D eigenvalue weighted by Crippen LogP contribution is -2.76. The Kier molecular flexibility index (Phi) is 10.8. The summed E-state index contributed by atoms with van der Waals surface area (Å²) in [6.07, 6.45) is 23.7. The van der Waals surface area contributed by atoms with Crippen molar-refractivity contribution in [1.82, 2.24) is 4.90 Å². The number of carboxylic acid groups (broad SMARTS) is 1. The number of carboxylic acids is 1. The van der Waals surface area contributed by atoms with E-state index in [1.165, 1.54) is 57.8 Å². The van der Waals surface area contributed by atoms with Crippen molar-refractivity contribution in [1.29, 1.82) is 0 Å². The lowest BCUT2D eigenvalue weighted by Gasteiger charge is -2.62. The molecule has 1 spiro atoms. The zero-order valence-electron chi connectivity index (χ0n) is 28.1. The first-order valence-electron chi connectivity index (χ1n) is 18.7. The Morgan fingerprint density at radius 2 is 1.76 bits per heavy atom. The fourth-order valence-corrected chi connectivity index (χ4v) is 9.12. The Balaban J connectivity index is 1.01. The molecule has 254 valence electrons. The zero-order chi connectivity index (χ0) is 32.1. The van der Waals surface area contributed by atoms with Crippen molar-refractivity contribution in [2.45, 2.75) is 152 Å². The minimum Gasteiger partial charge on any atom is -0.489 e. The molecule has 0 radical (unpaired) electrons. The number of nitrogens with zero attached hydrogens (tertiary/aromatic N) is 1. The maximum Gasteiger partial charge on any atom is 0.309 e. The molecule has 1 aromatic rings. The van der Waals surface area contributed by atoms with E-state index in [1.807, 2.05) is 6.07 Å².